The van der Waals surface area contributed by atoms with Crippen molar-refractivity contribution >= 4 is 11.8 Å². The molecule has 0 saturated heterocycles. The molecule has 0 atom stereocenters. The molecule has 6 heteroatoms. The van der Waals surface area contributed by atoms with Gasteiger partial charge in [0.15, 0.2) is 0 Å². The topological polar surface area (TPSA) is 72.5 Å². The van der Waals surface area contributed by atoms with Crippen molar-refractivity contribution in [3.05, 3.63) is 42.1 Å². The van der Waals surface area contributed by atoms with Gasteiger partial charge in [-0.3, -0.25) is 5.32 Å². The number of fused-ring (bicyclic) bond motifs is 1. The van der Waals surface area contributed by atoms with Gasteiger partial charge in [0.2, 0.25) is 0 Å². The normalized spacial score (nSPS) is 12.9. The second-order valence-corrected chi connectivity index (χ2v) is 4.22. The van der Waals surface area contributed by atoms with Crippen molar-refractivity contribution in [3.63, 3.8) is 0 Å². The highest BCUT2D eigenvalue weighted by Crippen LogP contribution is 2.31. The molecule has 2 aromatic rings. The molecule has 0 aliphatic carbocycles. The van der Waals surface area contributed by atoms with Crippen molar-refractivity contribution in [1.82, 2.24) is 10.3 Å². The van der Waals surface area contributed by atoms with E-state index in [0.29, 0.717) is 23.9 Å². The second kappa shape index (κ2) is 5.08. The first kappa shape index (κ1) is 12.3. The van der Waals surface area contributed by atoms with Gasteiger partial charge in [0, 0.05) is 6.20 Å². The van der Waals surface area contributed by atoms with Crippen LogP contribution in [0.4, 0.5) is 10.6 Å². The van der Waals surface area contributed by atoms with Crippen molar-refractivity contribution in [2.24, 2.45) is 0 Å². The smallest absolute Gasteiger partial charge is 0.320 e. The summed E-state index contributed by atoms with van der Waals surface area (Å²) in [6, 6.07) is 8.79. The third kappa shape index (κ3) is 2.35. The number of aromatic nitrogens is 1. The number of anilines is 1. The Kier molecular flexibility index (Phi) is 3.12. The summed E-state index contributed by atoms with van der Waals surface area (Å²) in [7, 11) is 1.61. The van der Waals surface area contributed by atoms with Gasteiger partial charge in [-0.1, -0.05) is 0 Å². The maximum atomic E-state index is 11.2. The Balaban J connectivity index is 1.87. The Bertz CT molecular complexity index is 641. The molecule has 1 aliphatic rings. The average molecular weight is 271 g/mol. The van der Waals surface area contributed by atoms with E-state index in [4.69, 9.17) is 9.47 Å². The zero-order valence-electron chi connectivity index (χ0n) is 10.8. The van der Waals surface area contributed by atoms with Gasteiger partial charge in [-0.05, 0) is 30.3 Å². The number of ether oxygens (including phenoxy) is 2. The molecule has 0 bridgehead atoms. The Hall–Kier alpha value is -2.76. The summed E-state index contributed by atoms with van der Waals surface area (Å²) in [6.45, 7) is 0.389. The fourth-order valence-corrected chi connectivity index (χ4v) is 1.94. The van der Waals surface area contributed by atoms with Crippen LogP contribution in [0.15, 0.2) is 36.5 Å². The molecule has 3 rings (SSSR count). The maximum Gasteiger partial charge on any atom is 0.320 e. The Morgan fingerprint density at radius 1 is 1.15 bits per heavy atom. The van der Waals surface area contributed by atoms with E-state index >= 15 is 0 Å². The first-order valence-electron chi connectivity index (χ1n) is 6.11. The number of rotatable bonds is 3. The van der Waals surface area contributed by atoms with E-state index in [9.17, 15) is 4.79 Å². The first-order chi connectivity index (χ1) is 9.76. The quantitative estimate of drug-likeness (QED) is 0.899. The lowest BCUT2D eigenvalue weighted by atomic mass is 10.2. The number of pyridine rings is 1. The largest absolute Gasteiger partial charge is 0.497 e. The number of carbonyl (C=O) groups is 1. The van der Waals surface area contributed by atoms with Crippen LogP contribution in [0, 0.1) is 0 Å². The van der Waals surface area contributed by atoms with Crippen LogP contribution in [-0.4, -0.2) is 18.1 Å². The minimum absolute atomic E-state index is 0.258. The number of nitrogens with one attached hydrogen (secondary N) is 2. The third-order valence-electron chi connectivity index (χ3n) is 2.96. The van der Waals surface area contributed by atoms with E-state index < -0.39 is 0 Å². The summed E-state index contributed by atoms with van der Waals surface area (Å²) < 4.78 is 10.9. The van der Waals surface area contributed by atoms with E-state index in [0.717, 1.165) is 11.3 Å². The number of benzene rings is 1. The van der Waals surface area contributed by atoms with Crippen molar-refractivity contribution < 1.29 is 14.3 Å². The monoisotopic (exact) mass is 271 g/mol. The number of urea groups is 1. The molecule has 102 valence electrons. The lowest BCUT2D eigenvalue weighted by molar-refractivity contribution is 0.250. The van der Waals surface area contributed by atoms with Gasteiger partial charge in [0.25, 0.3) is 0 Å². The molecule has 0 saturated carbocycles. The van der Waals surface area contributed by atoms with Gasteiger partial charge in [-0.25, -0.2) is 9.78 Å². The fourth-order valence-electron chi connectivity index (χ4n) is 1.94. The van der Waals surface area contributed by atoms with Gasteiger partial charge < -0.3 is 14.8 Å². The zero-order chi connectivity index (χ0) is 13.9. The molecule has 1 aromatic heterocycles. The van der Waals surface area contributed by atoms with Gasteiger partial charge in [0.1, 0.15) is 23.1 Å². The number of hydrogen-bond donors (Lipinski definition) is 2. The molecule has 0 unspecified atom stereocenters. The van der Waals surface area contributed by atoms with E-state index in [-0.39, 0.29) is 6.03 Å². The molecule has 6 nitrogen and oxygen atoms in total. The minimum atomic E-state index is -0.258. The van der Waals surface area contributed by atoms with Gasteiger partial charge in [-0.2, -0.15) is 0 Å². The Morgan fingerprint density at radius 2 is 1.90 bits per heavy atom. The number of hydrogen-bond acceptors (Lipinski definition) is 4. The van der Waals surface area contributed by atoms with Crippen molar-refractivity contribution in [2.45, 2.75) is 6.54 Å². The summed E-state index contributed by atoms with van der Waals surface area (Å²) in [5, 5.41) is 5.34. The standard InChI is InChI=1S/C14H13N3O3/c1-19-9-2-4-10(5-3-9)20-12-6-7-15-13-11(12)8-16-14(18)17-13/h2-7H,8H2,1H3,(H2,15,16,17,18). The highest BCUT2D eigenvalue weighted by molar-refractivity contribution is 5.91. The maximum absolute atomic E-state index is 11.2. The van der Waals surface area contributed by atoms with Crippen LogP contribution in [0.25, 0.3) is 0 Å². The molecule has 1 aliphatic heterocycles. The molecule has 1 aromatic carbocycles. The highest BCUT2D eigenvalue weighted by Gasteiger charge is 2.19. The number of carbonyl (C=O) groups excluding carboxylic acids is 1. The fraction of sp³-hybridized carbons (Fsp3) is 0.143. The Morgan fingerprint density at radius 3 is 2.65 bits per heavy atom. The molecular formula is C14H13N3O3. The minimum Gasteiger partial charge on any atom is -0.497 e. The van der Waals surface area contributed by atoms with Gasteiger partial charge >= 0.3 is 6.03 Å². The van der Waals surface area contributed by atoms with Crippen LogP contribution in [0.3, 0.4) is 0 Å². The lowest BCUT2D eigenvalue weighted by Crippen LogP contribution is -2.34. The van der Waals surface area contributed by atoms with Gasteiger partial charge in [0.05, 0.1) is 19.2 Å². The van der Waals surface area contributed by atoms with E-state index in [2.05, 4.69) is 15.6 Å². The van der Waals surface area contributed by atoms with E-state index in [1.807, 2.05) is 24.3 Å². The molecule has 0 spiro atoms. The molecule has 2 amide bonds. The number of methoxy groups -OCH3 is 1. The predicted molar refractivity (Wildman–Crippen MR) is 73.2 cm³/mol. The van der Waals surface area contributed by atoms with Crippen molar-refractivity contribution in [2.75, 3.05) is 12.4 Å². The molecule has 20 heavy (non-hydrogen) atoms. The average Bonchev–Trinajstić information content (AvgIpc) is 2.48. The van der Waals surface area contributed by atoms with Crippen LogP contribution in [0.5, 0.6) is 17.2 Å². The third-order valence-corrected chi connectivity index (χ3v) is 2.96. The summed E-state index contributed by atoms with van der Waals surface area (Å²) in [5.74, 6) is 2.64. The Labute approximate surface area is 115 Å². The van der Waals surface area contributed by atoms with E-state index in [1.54, 1.807) is 19.4 Å². The van der Waals surface area contributed by atoms with Gasteiger partial charge in [-0.15, -0.1) is 0 Å². The summed E-state index contributed by atoms with van der Waals surface area (Å²) in [4.78, 5) is 15.4. The highest BCUT2D eigenvalue weighted by atomic mass is 16.5. The van der Waals surface area contributed by atoms with Crippen LogP contribution < -0.4 is 20.1 Å². The van der Waals surface area contributed by atoms with Crippen LogP contribution >= 0.6 is 0 Å². The molecule has 2 heterocycles. The van der Waals surface area contributed by atoms with Crippen molar-refractivity contribution in [3.8, 4) is 17.2 Å². The predicted octanol–water partition coefficient (Wildman–Crippen LogP) is 2.52. The second-order valence-electron chi connectivity index (χ2n) is 4.22. The molecule has 0 radical (unpaired) electrons. The summed E-state index contributed by atoms with van der Waals surface area (Å²) >= 11 is 0. The van der Waals surface area contributed by atoms with Crippen LogP contribution in [0.2, 0.25) is 0 Å². The van der Waals surface area contributed by atoms with Crippen LogP contribution in [0.1, 0.15) is 5.56 Å². The number of nitrogens with zero attached hydrogens (tertiary/aromatic N) is 1. The molecule has 0 fully saturated rings. The van der Waals surface area contributed by atoms with Crippen LogP contribution in [-0.2, 0) is 6.54 Å². The number of amides is 2. The summed E-state index contributed by atoms with van der Waals surface area (Å²) in [5.41, 5.74) is 0.822. The summed E-state index contributed by atoms with van der Waals surface area (Å²) in [6.07, 6.45) is 1.60. The lowest BCUT2D eigenvalue weighted by Gasteiger charge is -2.19. The van der Waals surface area contributed by atoms with E-state index in [1.165, 1.54) is 0 Å². The SMILES string of the molecule is COc1ccc(Oc2ccnc3c2CNC(=O)N3)cc1. The van der Waals surface area contributed by atoms with Crippen molar-refractivity contribution in [1.29, 1.82) is 0 Å². The molecular weight excluding hydrogens is 258 g/mol. The first-order valence-corrected chi connectivity index (χ1v) is 6.11. The zero-order valence-corrected chi connectivity index (χ0v) is 10.8. The molecule has 2 N–H and O–H groups in total.